The van der Waals surface area contributed by atoms with E-state index >= 15 is 0 Å². The summed E-state index contributed by atoms with van der Waals surface area (Å²) in [5.41, 5.74) is 2.81. The molecule has 2 aromatic rings. The third kappa shape index (κ3) is 3.67. The second kappa shape index (κ2) is 6.50. The molecule has 0 aliphatic carbocycles. The van der Waals surface area contributed by atoms with E-state index in [4.69, 9.17) is 4.74 Å². The second-order valence-electron chi connectivity index (χ2n) is 4.93. The zero-order valence-electron chi connectivity index (χ0n) is 11.7. The van der Waals surface area contributed by atoms with E-state index in [1.165, 1.54) is 17.8 Å². The molecule has 0 aromatic heterocycles. The summed E-state index contributed by atoms with van der Waals surface area (Å²) < 4.78 is 18.4. The summed E-state index contributed by atoms with van der Waals surface area (Å²) in [6.45, 7) is 3.42. The van der Waals surface area contributed by atoms with Gasteiger partial charge in [0.05, 0.1) is 18.9 Å². The smallest absolute Gasteiger partial charge is 0.125 e. The van der Waals surface area contributed by atoms with Crippen molar-refractivity contribution < 1.29 is 9.13 Å². The second-order valence-corrected chi connectivity index (χ2v) is 4.93. The van der Waals surface area contributed by atoms with Gasteiger partial charge in [-0.2, -0.15) is 0 Å². The molecule has 1 aliphatic rings. The molecule has 1 heterocycles. The molecule has 1 saturated heterocycles. The standard InChI is InChI=1S/C17H17FN2O/c18-15-2-1-3-16(12-15)19-13-14-4-6-17(7-5-14)20-8-10-21-11-9-20/h1-7,12-13H,8-11H2. The molecule has 4 heteroatoms. The minimum atomic E-state index is -0.271. The van der Waals surface area contributed by atoms with Crippen LogP contribution >= 0.6 is 0 Å². The van der Waals surface area contributed by atoms with E-state index in [9.17, 15) is 4.39 Å². The predicted molar refractivity (Wildman–Crippen MR) is 83.1 cm³/mol. The minimum absolute atomic E-state index is 0.271. The molecule has 0 N–H and O–H groups in total. The number of anilines is 1. The lowest BCUT2D eigenvalue weighted by atomic mass is 10.2. The fourth-order valence-electron chi connectivity index (χ4n) is 2.30. The zero-order valence-corrected chi connectivity index (χ0v) is 11.7. The largest absolute Gasteiger partial charge is 0.378 e. The van der Waals surface area contributed by atoms with Gasteiger partial charge in [0.1, 0.15) is 5.82 Å². The first-order valence-corrected chi connectivity index (χ1v) is 7.04. The number of hydrogen-bond acceptors (Lipinski definition) is 3. The van der Waals surface area contributed by atoms with Gasteiger partial charge in [-0.05, 0) is 35.9 Å². The van der Waals surface area contributed by atoms with Crippen LogP contribution in [0.2, 0.25) is 0 Å². The molecule has 0 unspecified atom stereocenters. The number of aliphatic imine (C=N–C) groups is 1. The van der Waals surface area contributed by atoms with Gasteiger partial charge in [0.2, 0.25) is 0 Å². The molecule has 108 valence electrons. The van der Waals surface area contributed by atoms with Gasteiger partial charge < -0.3 is 9.64 Å². The van der Waals surface area contributed by atoms with Crippen molar-refractivity contribution in [3.05, 3.63) is 59.9 Å². The monoisotopic (exact) mass is 284 g/mol. The lowest BCUT2D eigenvalue weighted by Gasteiger charge is -2.28. The van der Waals surface area contributed by atoms with Gasteiger partial charge in [-0.3, -0.25) is 4.99 Å². The Balaban J connectivity index is 1.69. The summed E-state index contributed by atoms with van der Waals surface area (Å²) in [5, 5.41) is 0. The molecule has 1 aliphatic heterocycles. The maximum absolute atomic E-state index is 13.1. The van der Waals surface area contributed by atoms with Crippen molar-refractivity contribution >= 4 is 17.6 Å². The summed E-state index contributed by atoms with van der Waals surface area (Å²) in [7, 11) is 0. The van der Waals surface area contributed by atoms with Crippen LogP contribution in [0.1, 0.15) is 5.56 Å². The third-order valence-corrected chi connectivity index (χ3v) is 3.44. The number of morpholine rings is 1. The Hall–Kier alpha value is -2.20. The Morgan fingerprint density at radius 1 is 1.05 bits per heavy atom. The molecule has 0 bridgehead atoms. The third-order valence-electron chi connectivity index (χ3n) is 3.44. The average Bonchev–Trinajstić information content (AvgIpc) is 2.54. The average molecular weight is 284 g/mol. The predicted octanol–water partition coefficient (Wildman–Crippen LogP) is 3.41. The fraction of sp³-hybridized carbons (Fsp3) is 0.235. The Kier molecular flexibility index (Phi) is 4.26. The number of ether oxygens (including phenoxy) is 1. The molecule has 3 rings (SSSR count). The van der Waals surface area contributed by atoms with Crippen molar-refractivity contribution in [2.75, 3.05) is 31.2 Å². The van der Waals surface area contributed by atoms with E-state index in [0.717, 1.165) is 31.9 Å². The summed E-state index contributed by atoms with van der Waals surface area (Å²) >= 11 is 0. The highest BCUT2D eigenvalue weighted by Gasteiger charge is 2.10. The van der Waals surface area contributed by atoms with E-state index < -0.39 is 0 Å². The van der Waals surface area contributed by atoms with Crippen molar-refractivity contribution in [2.24, 2.45) is 4.99 Å². The van der Waals surface area contributed by atoms with Crippen LogP contribution in [0.15, 0.2) is 53.5 Å². The molecule has 0 spiro atoms. The lowest BCUT2D eigenvalue weighted by Crippen LogP contribution is -2.36. The van der Waals surface area contributed by atoms with E-state index in [0.29, 0.717) is 5.69 Å². The molecule has 0 saturated carbocycles. The SMILES string of the molecule is Fc1cccc(N=Cc2ccc(N3CCOCC3)cc2)c1. The van der Waals surface area contributed by atoms with Gasteiger partial charge in [-0.15, -0.1) is 0 Å². The normalized spacial score (nSPS) is 15.6. The molecule has 0 atom stereocenters. The number of rotatable bonds is 3. The van der Waals surface area contributed by atoms with E-state index in [2.05, 4.69) is 22.0 Å². The van der Waals surface area contributed by atoms with Crippen LogP contribution < -0.4 is 4.90 Å². The quantitative estimate of drug-likeness (QED) is 0.807. The van der Waals surface area contributed by atoms with Crippen LogP contribution in [0.5, 0.6) is 0 Å². The Morgan fingerprint density at radius 3 is 2.52 bits per heavy atom. The van der Waals surface area contributed by atoms with Crippen LogP contribution in [0.4, 0.5) is 15.8 Å². The number of halogens is 1. The van der Waals surface area contributed by atoms with Gasteiger partial charge in [0.25, 0.3) is 0 Å². The Labute approximate surface area is 123 Å². The first-order valence-electron chi connectivity index (χ1n) is 7.04. The highest BCUT2D eigenvalue weighted by atomic mass is 19.1. The summed E-state index contributed by atoms with van der Waals surface area (Å²) in [4.78, 5) is 6.58. The van der Waals surface area contributed by atoms with Crippen LogP contribution in [-0.4, -0.2) is 32.5 Å². The Morgan fingerprint density at radius 2 is 1.81 bits per heavy atom. The lowest BCUT2D eigenvalue weighted by molar-refractivity contribution is 0.122. The Bertz CT molecular complexity index is 619. The number of nitrogens with zero attached hydrogens (tertiary/aromatic N) is 2. The minimum Gasteiger partial charge on any atom is -0.378 e. The first kappa shape index (κ1) is 13.8. The van der Waals surface area contributed by atoms with Crippen LogP contribution in [-0.2, 0) is 4.74 Å². The van der Waals surface area contributed by atoms with Gasteiger partial charge in [-0.1, -0.05) is 18.2 Å². The van der Waals surface area contributed by atoms with Crippen molar-refractivity contribution in [1.29, 1.82) is 0 Å². The van der Waals surface area contributed by atoms with Gasteiger partial charge in [0.15, 0.2) is 0 Å². The topological polar surface area (TPSA) is 24.8 Å². The molecule has 2 aromatic carbocycles. The number of benzene rings is 2. The summed E-state index contributed by atoms with van der Waals surface area (Å²) in [5.74, 6) is -0.271. The maximum Gasteiger partial charge on any atom is 0.125 e. The summed E-state index contributed by atoms with van der Waals surface area (Å²) in [6, 6.07) is 14.5. The molecule has 0 radical (unpaired) electrons. The molecule has 21 heavy (non-hydrogen) atoms. The highest BCUT2D eigenvalue weighted by molar-refractivity contribution is 5.82. The van der Waals surface area contributed by atoms with Crippen molar-refractivity contribution in [2.45, 2.75) is 0 Å². The van der Waals surface area contributed by atoms with E-state index in [1.807, 2.05) is 12.1 Å². The van der Waals surface area contributed by atoms with E-state index in [1.54, 1.807) is 18.3 Å². The van der Waals surface area contributed by atoms with Crippen LogP contribution in [0, 0.1) is 5.82 Å². The van der Waals surface area contributed by atoms with Gasteiger partial charge in [0, 0.05) is 25.0 Å². The first-order chi connectivity index (χ1) is 10.3. The van der Waals surface area contributed by atoms with E-state index in [-0.39, 0.29) is 5.82 Å². The van der Waals surface area contributed by atoms with Crippen molar-refractivity contribution in [3.63, 3.8) is 0 Å². The van der Waals surface area contributed by atoms with Gasteiger partial charge >= 0.3 is 0 Å². The fourth-order valence-corrected chi connectivity index (χ4v) is 2.30. The maximum atomic E-state index is 13.1. The molecule has 1 fully saturated rings. The summed E-state index contributed by atoms with van der Waals surface area (Å²) in [6.07, 6.45) is 1.75. The molecular formula is C17H17FN2O. The molecule has 0 amide bonds. The number of hydrogen-bond donors (Lipinski definition) is 0. The van der Waals surface area contributed by atoms with Crippen molar-refractivity contribution in [3.8, 4) is 0 Å². The molecular weight excluding hydrogens is 267 g/mol. The molecule has 3 nitrogen and oxygen atoms in total. The van der Waals surface area contributed by atoms with Gasteiger partial charge in [-0.25, -0.2) is 4.39 Å². The highest BCUT2D eigenvalue weighted by Crippen LogP contribution is 2.17. The van der Waals surface area contributed by atoms with Crippen molar-refractivity contribution in [1.82, 2.24) is 0 Å². The zero-order chi connectivity index (χ0) is 14.5. The van der Waals surface area contributed by atoms with Crippen LogP contribution in [0.3, 0.4) is 0 Å². The van der Waals surface area contributed by atoms with Crippen LogP contribution in [0.25, 0.3) is 0 Å².